The van der Waals surface area contributed by atoms with Crippen LogP contribution in [0.15, 0.2) is 27.1 Å². The van der Waals surface area contributed by atoms with Gasteiger partial charge in [-0.25, -0.2) is 0 Å². The van der Waals surface area contributed by atoms with E-state index in [2.05, 4.69) is 36.6 Å². The summed E-state index contributed by atoms with van der Waals surface area (Å²) in [5.41, 5.74) is 0. The van der Waals surface area contributed by atoms with Crippen molar-refractivity contribution < 1.29 is 17.7 Å². The second-order valence-corrected chi connectivity index (χ2v) is 4.37. The highest BCUT2D eigenvalue weighted by atomic mass is 79.9. The second-order valence-electron chi connectivity index (χ2n) is 2.60. The molecule has 7 heteroatoms. The Bertz CT molecular complexity index is 329. The summed E-state index contributed by atoms with van der Waals surface area (Å²) in [5, 5.41) is 0. The van der Waals surface area contributed by atoms with Crippen LogP contribution in [0.2, 0.25) is 0 Å². The number of ether oxygens (including phenoxy) is 1. The molecule has 0 aliphatic carbocycles. The van der Waals surface area contributed by atoms with Crippen LogP contribution in [0.1, 0.15) is 0 Å². The summed E-state index contributed by atoms with van der Waals surface area (Å²) < 4.78 is 41.5. The number of rotatable bonds is 3. The van der Waals surface area contributed by atoms with E-state index in [-0.39, 0.29) is 5.75 Å². The summed E-state index contributed by atoms with van der Waals surface area (Å²) in [6.45, 7) is -6.13. The average Bonchev–Trinajstić information content (AvgIpc) is 2.00. The predicted molar refractivity (Wildman–Crippen MR) is 56.4 cm³/mol. The molecule has 14 heavy (non-hydrogen) atoms. The lowest BCUT2D eigenvalue weighted by atomic mass is 9.95. The maximum Gasteiger partial charge on any atom is 0.515 e. The molecular weight excluding hydrogens is 328 g/mol. The van der Waals surface area contributed by atoms with E-state index in [1.54, 1.807) is 12.1 Å². The van der Waals surface area contributed by atoms with Gasteiger partial charge >= 0.3 is 6.98 Å². The molecule has 78 valence electrons. The number of benzene rings is 1. The van der Waals surface area contributed by atoms with E-state index in [0.29, 0.717) is 4.47 Å². The zero-order chi connectivity index (χ0) is 10.8. The molecule has 0 heterocycles. The zero-order valence-electron chi connectivity index (χ0n) is 6.81. The van der Waals surface area contributed by atoms with Crippen molar-refractivity contribution in [2.75, 3.05) is 6.51 Å². The second kappa shape index (κ2) is 4.57. The van der Waals surface area contributed by atoms with Gasteiger partial charge in [0, 0.05) is 4.47 Å². The van der Waals surface area contributed by atoms with Gasteiger partial charge in [0.2, 0.25) is 0 Å². The quantitative estimate of drug-likeness (QED) is 0.761. The Morgan fingerprint density at radius 3 is 2.36 bits per heavy atom. The van der Waals surface area contributed by atoms with Gasteiger partial charge < -0.3 is 17.7 Å². The maximum atomic E-state index is 11.9. The third-order valence-corrected chi connectivity index (χ3v) is 2.43. The number of hydrogen-bond donors (Lipinski definition) is 0. The molecule has 0 N–H and O–H groups in total. The summed E-state index contributed by atoms with van der Waals surface area (Å²) >= 11 is 6.28. The van der Waals surface area contributed by atoms with Crippen molar-refractivity contribution in [2.45, 2.75) is 0 Å². The van der Waals surface area contributed by atoms with Gasteiger partial charge in [0.1, 0.15) is 5.75 Å². The molecule has 1 aromatic carbocycles. The Morgan fingerprint density at radius 2 is 1.86 bits per heavy atom. The molecule has 0 saturated heterocycles. The van der Waals surface area contributed by atoms with Crippen molar-refractivity contribution in [1.82, 2.24) is 0 Å². The van der Waals surface area contributed by atoms with Gasteiger partial charge in [0.25, 0.3) is 0 Å². The molecule has 0 fully saturated rings. The zero-order valence-corrected chi connectivity index (χ0v) is 9.99. The molecule has 1 aromatic rings. The van der Waals surface area contributed by atoms with E-state index in [0.717, 1.165) is 4.47 Å². The van der Waals surface area contributed by atoms with E-state index in [9.17, 15) is 12.9 Å². The van der Waals surface area contributed by atoms with Crippen LogP contribution >= 0.6 is 31.9 Å². The standard InChI is InChI=1S/C7H5BBr2F3O/c9-5-1-2-7(6(10)3-5)14-4-8(11,12)13/h1-3H,4H2/q-1. The Kier molecular flexibility index (Phi) is 3.89. The fourth-order valence-electron chi connectivity index (χ4n) is 0.777. The SMILES string of the molecule is F[B-](F)(F)COc1ccc(Br)cc1Br. The Labute approximate surface area is 95.9 Å². The Hall–Kier alpha value is -0.165. The van der Waals surface area contributed by atoms with Gasteiger partial charge in [-0.05, 0) is 34.1 Å². The van der Waals surface area contributed by atoms with Gasteiger partial charge in [-0.2, -0.15) is 0 Å². The molecule has 0 aliphatic rings. The minimum absolute atomic E-state index is 0.187. The first kappa shape index (κ1) is 11.9. The molecule has 0 amide bonds. The summed E-state index contributed by atoms with van der Waals surface area (Å²) in [6.07, 6.45) is 0. The third-order valence-electron chi connectivity index (χ3n) is 1.32. The molecule has 0 spiro atoms. The lowest BCUT2D eigenvalue weighted by molar-refractivity contribution is 0.312. The van der Waals surface area contributed by atoms with Crippen molar-refractivity contribution in [1.29, 1.82) is 0 Å². The first-order valence-corrected chi connectivity index (χ1v) is 5.26. The predicted octanol–water partition coefficient (Wildman–Crippen LogP) is 3.98. The van der Waals surface area contributed by atoms with Gasteiger partial charge in [-0.3, -0.25) is 0 Å². The fraction of sp³-hybridized carbons (Fsp3) is 0.143. The highest BCUT2D eigenvalue weighted by Gasteiger charge is 2.24. The molecule has 0 radical (unpaired) electrons. The normalized spacial score (nSPS) is 11.5. The van der Waals surface area contributed by atoms with Crippen LogP contribution in [-0.2, 0) is 0 Å². The maximum absolute atomic E-state index is 11.9. The van der Waals surface area contributed by atoms with Crippen LogP contribution in [-0.4, -0.2) is 13.5 Å². The Balaban J connectivity index is 2.68. The molecule has 0 bridgehead atoms. The van der Waals surface area contributed by atoms with Crippen LogP contribution in [0.25, 0.3) is 0 Å². The fourth-order valence-corrected chi connectivity index (χ4v) is 1.94. The summed E-state index contributed by atoms with van der Waals surface area (Å²) in [7, 11) is 0. The van der Waals surface area contributed by atoms with Crippen molar-refractivity contribution in [3.63, 3.8) is 0 Å². The van der Waals surface area contributed by atoms with Crippen LogP contribution in [0.5, 0.6) is 5.75 Å². The minimum Gasteiger partial charge on any atom is -0.521 e. The lowest BCUT2D eigenvalue weighted by Crippen LogP contribution is -2.26. The first-order chi connectivity index (χ1) is 6.38. The van der Waals surface area contributed by atoms with Gasteiger partial charge in [0.15, 0.2) is 0 Å². The highest BCUT2D eigenvalue weighted by Crippen LogP contribution is 2.28. The van der Waals surface area contributed by atoms with Crippen molar-refractivity contribution in [3.05, 3.63) is 27.1 Å². The molecule has 1 rings (SSSR count). The van der Waals surface area contributed by atoms with E-state index < -0.39 is 13.5 Å². The van der Waals surface area contributed by atoms with E-state index in [1.165, 1.54) is 6.07 Å². The van der Waals surface area contributed by atoms with E-state index in [4.69, 9.17) is 0 Å². The van der Waals surface area contributed by atoms with E-state index >= 15 is 0 Å². The molecular formula is C7H5BBr2F3O-. The first-order valence-electron chi connectivity index (χ1n) is 3.67. The summed E-state index contributed by atoms with van der Waals surface area (Å²) in [6, 6.07) is 4.71. The smallest absolute Gasteiger partial charge is 0.515 e. The third kappa shape index (κ3) is 3.92. The minimum atomic E-state index is -4.91. The monoisotopic (exact) mass is 331 g/mol. The molecule has 0 saturated carbocycles. The largest absolute Gasteiger partial charge is 0.521 e. The number of halogens is 5. The van der Waals surface area contributed by atoms with Gasteiger partial charge in [0.05, 0.1) is 11.0 Å². The summed E-state index contributed by atoms with van der Waals surface area (Å²) in [4.78, 5) is 0. The topological polar surface area (TPSA) is 9.23 Å². The van der Waals surface area contributed by atoms with Crippen LogP contribution in [0.4, 0.5) is 12.9 Å². The molecule has 0 aliphatic heterocycles. The Morgan fingerprint density at radius 1 is 1.21 bits per heavy atom. The van der Waals surface area contributed by atoms with Gasteiger partial charge in [-0.1, -0.05) is 15.9 Å². The van der Waals surface area contributed by atoms with Gasteiger partial charge in [-0.15, -0.1) is 0 Å². The lowest BCUT2D eigenvalue weighted by Gasteiger charge is -2.15. The number of hydrogen-bond acceptors (Lipinski definition) is 1. The average molecular weight is 333 g/mol. The van der Waals surface area contributed by atoms with Crippen molar-refractivity contribution in [2.24, 2.45) is 0 Å². The van der Waals surface area contributed by atoms with E-state index in [1.807, 2.05) is 0 Å². The summed E-state index contributed by atoms with van der Waals surface area (Å²) in [5.74, 6) is 0.187. The van der Waals surface area contributed by atoms with Crippen LogP contribution in [0, 0.1) is 0 Å². The molecule has 0 unspecified atom stereocenters. The highest BCUT2D eigenvalue weighted by molar-refractivity contribution is 9.11. The molecule has 1 nitrogen and oxygen atoms in total. The van der Waals surface area contributed by atoms with Crippen LogP contribution in [0.3, 0.4) is 0 Å². The molecule has 0 aromatic heterocycles. The van der Waals surface area contributed by atoms with Crippen molar-refractivity contribution in [3.8, 4) is 5.75 Å². The van der Waals surface area contributed by atoms with Crippen molar-refractivity contribution >= 4 is 38.8 Å². The molecule has 0 atom stereocenters. The van der Waals surface area contributed by atoms with Crippen LogP contribution < -0.4 is 4.74 Å².